The minimum absolute atomic E-state index is 0.0286. The van der Waals surface area contributed by atoms with Crippen molar-refractivity contribution >= 4 is 5.97 Å². The molecule has 0 aromatic heterocycles. The number of carboxylic acids is 1. The number of allylic oxidation sites excluding steroid dienone is 1. The van der Waals surface area contributed by atoms with E-state index in [1.807, 2.05) is 6.92 Å². The molecule has 0 aliphatic carbocycles. The van der Waals surface area contributed by atoms with E-state index in [2.05, 4.69) is 0 Å². The first kappa shape index (κ1) is 9.17. The lowest BCUT2D eigenvalue weighted by Gasteiger charge is -2.05. The van der Waals surface area contributed by atoms with Crippen LogP contribution in [0.5, 0.6) is 0 Å². The average molecular weight is 144 g/mol. The molecule has 10 heavy (non-hydrogen) atoms. The number of ether oxygens (including phenoxy) is 1. The van der Waals surface area contributed by atoms with Gasteiger partial charge >= 0.3 is 5.97 Å². The van der Waals surface area contributed by atoms with Gasteiger partial charge in [-0.15, -0.1) is 0 Å². The lowest BCUT2D eigenvalue weighted by Crippen LogP contribution is -2.12. The largest absolute Gasteiger partial charge is 0.481 e. The van der Waals surface area contributed by atoms with Crippen LogP contribution in [-0.4, -0.2) is 24.3 Å². The number of aliphatic carboxylic acids is 1. The number of rotatable bonds is 4. The fourth-order valence-corrected chi connectivity index (χ4v) is 0.617. The number of hydrogen-bond donors (Lipinski definition) is 1. The van der Waals surface area contributed by atoms with Gasteiger partial charge in [0.05, 0.1) is 12.5 Å². The average Bonchev–Trinajstić information content (AvgIpc) is 1.86. The molecule has 0 amide bonds. The van der Waals surface area contributed by atoms with Gasteiger partial charge in [0.15, 0.2) is 0 Å². The van der Waals surface area contributed by atoms with Crippen molar-refractivity contribution < 1.29 is 14.6 Å². The predicted octanol–water partition coefficient (Wildman–Crippen LogP) is 1.05. The van der Waals surface area contributed by atoms with Crippen LogP contribution < -0.4 is 0 Å². The van der Waals surface area contributed by atoms with E-state index < -0.39 is 5.97 Å². The summed E-state index contributed by atoms with van der Waals surface area (Å²) >= 11 is 0. The zero-order valence-corrected chi connectivity index (χ0v) is 6.20. The molecule has 3 nitrogen and oxygen atoms in total. The first-order valence-electron chi connectivity index (χ1n) is 3.08. The van der Waals surface area contributed by atoms with Crippen molar-refractivity contribution in [3.63, 3.8) is 0 Å². The first-order chi connectivity index (χ1) is 4.70. The van der Waals surface area contributed by atoms with E-state index in [4.69, 9.17) is 9.84 Å². The first-order valence-corrected chi connectivity index (χ1v) is 3.08. The Morgan fingerprint density at radius 1 is 1.80 bits per heavy atom. The second-order valence-corrected chi connectivity index (χ2v) is 1.90. The molecule has 3 heteroatoms. The lowest BCUT2D eigenvalue weighted by atomic mass is 10.2. The van der Waals surface area contributed by atoms with E-state index in [-0.39, 0.29) is 12.5 Å². The van der Waals surface area contributed by atoms with Gasteiger partial charge in [-0.05, 0) is 6.92 Å². The molecular formula is C7H12O3. The molecular weight excluding hydrogens is 132 g/mol. The highest BCUT2D eigenvalue weighted by atomic mass is 16.5. The van der Waals surface area contributed by atoms with Crippen molar-refractivity contribution in [3.05, 3.63) is 12.2 Å². The zero-order chi connectivity index (χ0) is 7.98. The summed E-state index contributed by atoms with van der Waals surface area (Å²) in [5, 5.41) is 8.33. The second-order valence-electron chi connectivity index (χ2n) is 1.90. The summed E-state index contributed by atoms with van der Waals surface area (Å²) in [6, 6.07) is 0. The fourth-order valence-electron chi connectivity index (χ4n) is 0.617. The Kier molecular flexibility index (Phi) is 4.58. The molecule has 0 radical (unpaired) electrons. The van der Waals surface area contributed by atoms with E-state index in [0.29, 0.717) is 0 Å². The Morgan fingerprint density at radius 2 is 2.40 bits per heavy atom. The van der Waals surface area contributed by atoms with Crippen LogP contribution in [0, 0.1) is 0 Å². The summed E-state index contributed by atoms with van der Waals surface area (Å²) in [7, 11) is 1.49. The van der Waals surface area contributed by atoms with Crippen molar-refractivity contribution in [3.8, 4) is 0 Å². The Labute approximate surface area is 60.3 Å². The molecule has 0 spiro atoms. The zero-order valence-electron chi connectivity index (χ0n) is 6.20. The van der Waals surface area contributed by atoms with Gasteiger partial charge in [-0.3, -0.25) is 4.79 Å². The summed E-state index contributed by atoms with van der Waals surface area (Å²) in [4.78, 5) is 10.1. The van der Waals surface area contributed by atoms with Gasteiger partial charge in [-0.25, -0.2) is 0 Å². The summed E-state index contributed by atoms with van der Waals surface area (Å²) in [6.45, 7) is 1.83. The maximum Gasteiger partial charge on any atom is 0.306 e. The molecule has 1 unspecified atom stereocenters. The molecule has 58 valence electrons. The smallest absolute Gasteiger partial charge is 0.306 e. The highest BCUT2D eigenvalue weighted by molar-refractivity contribution is 5.67. The molecule has 0 aromatic carbocycles. The molecule has 0 fully saturated rings. The minimum Gasteiger partial charge on any atom is -0.481 e. The maximum atomic E-state index is 10.1. The molecule has 0 heterocycles. The maximum absolute atomic E-state index is 10.1. The van der Waals surface area contributed by atoms with Crippen molar-refractivity contribution in [2.24, 2.45) is 0 Å². The highest BCUT2D eigenvalue weighted by Crippen LogP contribution is 1.98. The summed E-state index contributed by atoms with van der Waals surface area (Å²) < 4.78 is 4.83. The normalized spacial score (nSPS) is 13.8. The topological polar surface area (TPSA) is 46.5 Å². The highest BCUT2D eigenvalue weighted by Gasteiger charge is 2.06. The van der Waals surface area contributed by atoms with Crippen LogP contribution >= 0.6 is 0 Å². The van der Waals surface area contributed by atoms with Crippen LogP contribution in [-0.2, 0) is 9.53 Å². The summed E-state index contributed by atoms with van der Waals surface area (Å²) in [5.41, 5.74) is 0. The monoisotopic (exact) mass is 144 g/mol. The summed E-state index contributed by atoms with van der Waals surface area (Å²) in [6.07, 6.45) is 3.23. The molecule has 0 aliphatic heterocycles. The Bertz CT molecular complexity index is 129. The molecule has 0 bridgehead atoms. The van der Waals surface area contributed by atoms with E-state index in [1.165, 1.54) is 7.11 Å². The second kappa shape index (κ2) is 4.99. The molecule has 0 aliphatic rings. The van der Waals surface area contributed by atoms with Crippen LogP contribution in [0.15, 0.2) is 12.2 Å². The number of methoxy groups -OCH3 is 1. The SMILES string of the molecule is CC=CC(CC(=O)O)OC. The molecule has 0 aromatic rings. The Balaban J connectivity index is 3.71. The summed E-state index contributed by atoms with van der Waals surface area (Å²) in [5.74, 6) is -0.843. The van der Waals surface area contributed by atoms with Crippen molar-refractivity contribution in [2.45, 2.75) is 19.4 Å². The van der Waals surface area contributed by atoms with Gasteiger partial charge < -0.3 is 9.84 Å². The van der Waals surface area contributed by atoms with E-state index in [0.717, 1.165) is 0 Å². The van der Waals surface area contributed by atoms with Crippen LogP contribution in [0.25, 0.3) is 0 Å². The van der Waals surface area contributed by atoms with Gasteiger partial charge in [0, 0.05) is 7.11 Å². The minimum atomic E-state index is -0.843. The third-order valence-corrected chi connectivity index (χ3v) is 1.09. The van der Waals surface area contributed by atoms with E-state index in [1.54, 1.807) is 12.2 Å². The van der Waals surface area contributed by atoms with Crippen molar-refractivity contribution in [2.75, 3.05) is 7.11 Å². The van der Waals surface area contributed by atoms with E-state index in [9.17, 15) is 4.79 Å². The Morgan fingerprint density at radius 3 is 2.70 bits per heavy atom. The van der Waals surface area contributed by atoms with Gasteiger partial charge in [-0.2, -0.15) is 0 Å². The van der Waals surface area contributed by atoms with Gasteiger partial charge in [0.25, 0.3) is 0 Å². The lowest BCUT2D eigenvalue weighted by molar-refractivity contribution is -0.138. The van der Waals surface area contributed by atoms with E-state index >= 15 is 0 Å². The predicted molar refractivity (Wildman–Crippen MR) is 37.9 cm³/mol. The fraction of sp³-hybridized carbons (Fsp3) is 0.571. The number of carboxylic acid groups (broad SMARTS) is 1. The molecule has 1 N–H and O–H groups in total. The Hall–Kier alpha value is -0.830. The number of hydrogen-bond acceptors (Lipinski definition) is 2. The van der Waals surface area contributed by atoms with Gasteiger partial charge in [0.1, 0.15) is 0 Å². The third-order valence-electron chi connectivity index (χ3n) is 1.09. The molecule has 1 atom stereocenters. The van der Waals surface area contributed by atoms with Crippen LogP contribution in [0.1, 0.15) is 13.3 Å². The standard InChI is InChI=1S/C7H12O3/c1-3-4-6(10-2)5-7(8)9/h3-4,6H,5H2,1-2H3,(H,8,9). The van der Waals surface area contributed by atoms with Crippen LogP contribution in [0.4, 0.5) is 0 Å². The van der Waals surface area contributed by atoms with Gasteiger partial charge in [0.2, 0.25) is 0 Å². The van der Waals surface area contributed by atoms with Crippen molar-refractivity contribution in [1.29, 1.82) is 0 Å². The van der Waals surface area contributed by atoms with Crippen molar-refractivity contribution in [1.82, 2.24) is 0 Å². The third kappa shape index (κ3) is 4.09. The quantitative estimate of drug-likeness (QED) is 0.600. The van der Waals surface area contributed by atoms with Gasteiger partial charge in [-0.1, -0.05) is 12.2 Å². The molecule has 0 rings (SSSR count). The van der Waals surface area contributed by atoms with Crippen LogP contribution in [0.2, 0.25) is 0 Å². The van der Waals surface area contributed by atoms with Crippen LogP contribution in [0.3, 0.4) is 0 Å². The number of carbonyl (C=O) groups is 1. The molecule has 0 saturated carbocycles. The molecule has 0 saturated heterocycles.